The van der Waals surface area contributed by atoms with Crippen molar-refractivity contribution >= 4 is 17.5 Å². The van der Waals surface area contributed by atoms with Crippen molar-refractivity contribution in [1.82, 2.24) is 29.6 Å². The van der Waals surface area contributed by atoms with Crippen LogP contribution in [0.25, 0.3) is 5.82 Å². The number of H-pyrrole nitrogens is 1. The number of aromatic nitrogens is 5. The molecule has 9 heteroatoms. The number of amides is 1. The van der Waals surface area contributed by atoms with Crippen LogP contribution in [0.2, 0.25) is 5.15 Å². The van der Waals surface area contributed by atoms with Crippen molar-refractivity contribution in [3.63, 3.8) is 0 Å². The van der Waals surface area contributed by atoms with E-state index >= 15 is 0 Å². The lowest BCUT2D eigenvalue weighted by atomic mass is 9.97. The van der Waals surface area contributed by atoms with E-state index in [9.17, 15) is 9.59 Å². The highest BCUT2D eigenvalue weighted by atomic mass is 35.5. The first kappa shape index (κ1) is 17.4. The van der Waals surface area contributed by atoms with Gasteiger partial charge < -0.3 is 4.90 Å². The molecular formula is C18H17ClN6O2. The topological polar surface area (TPSA) is 96.8 Å². The van der Waals surface area contributed by atoms with Crippen LogP contribution in [0.15, 0.2) is 47.5 Å². The van der Waals surface area contributed by atoms with Crippen molar-refractivity contribution in [2.24, 2.45) is 0 Å². The van der Waals surface area contributed by atoms with Crippen molar-refractivity contribution in [1.29, 1.82) is 0 Å². The molecule has 0 spiro atoms. The SMILES string of the molecule is O=C(c1ccc(Cl)nc1)N1CCCC(c2nn(-c3ccccn3)c(=O)[nH]2)C1. The smallest absolute Gasteiger partial charge is 0.338 e. The maximum absolute atomic E-state index is 12.7. The predicted octanol–water partition coefficient (Wildman–Crippen LogP) is 2.02. The molecule has 1 atom stereocenters. The van der Waals surface area contributed by atoms with E-state index in [1.54, 1.807) is 41.4 Å². The average molecular weight is 385 g/mol. The standard InChI is InChI=1S/C18H17ClN6O2/c19-14-7-6-12(10-21-14)17(26)24-9-3-4-13(11-24)16-22-18(27)25(23-16)15-5-1-2-8-20-15/h1-2,5-8,10,13H,3-4,9,11H2,(H,22,23,27). The van der Waals surface area contributed by atoms with E-state index in [4.69, 9.17) is 11.6 Å². The van der Waals surface area contributed by atoms with Crippen LogP contribution in [0.5, 0.6) is 0 Å². The van der Waals surface area contributed by atoms with Gasteiger partial charge in [-0.2, -0.15) is 4.68 Å². The average Bonchev–Trinajstić information content (AvgIpc) is 3.10. The third-order valence-electron chi connectivity index (χ3n) is 4.57. The van der Waals surface area contributed by atoms with Crippen LogP contribution in [-0.4, -0.2) is 48.6 Å². The number of nitrogens with zero attached hydrogens (tertiary/aromatic N) is 5. The van der Waals surface area contributed by atoms with Crippen LogP contribution < -0.4 is 5.69 Å². The fourth-order valence-electron chi connectivity index (χ4n) is 3.23. The van der Waals surface area contributed by atoms with Gasteiger partial charge in [0.15, 0.2) is 5.82 Å². The van der Waals surface area contributed by atoms with Crippen molar-refractivity contribution in [3.8, 4) is 5.82 Å². The van der Waals surface area contributed by atoms with Crippen LogP contribution in [0.1, 0.15) is 34.9 Å². The summed E-state index contributed by atoms with van der Waals surface area (Å²) in [5, 5.41) is 4.75. The predicted molar refractivity (Wildman–Crippen MR) is 99.1 cm³/mol. The van der Waals surface area contributed by atoms with Crippen LogP contribution >= 0.6 is 11.6 Å². The molecule has 0 aliphatic carbocycles. The van der Waals surface area contributed by atoms with Gasteiger partial charge in [-0.3, -0.25) is 9.78 Å². The van der Waals surface area contributed by atoms with Crippen molar-refractivity contribution in [2.45, 2.75) is 18.8 Å². The Morgan fingerprint density at radius 1 is 1.22 bits per heavy atom. The number of nitrogens with one attached hydrogen (secondary N) is 1. The molecule has 1 fully saturated rings. The second-order valence-corrected chi connectivity index (χ2v) is 6.76. The quantitative estimate of drug-likeness (QED) is 0.697. The fourth-order valence-corrected chi connectivity index (χ4v) is 3.34. The summed E-state index contributed by atoms with van der Waals surface area (Å²) < 4.78 is 1.25. The van der Waals surface area contributed by atoms with E-state index in [1.807, 2.05) is 0 Å². The van der Waals surface area contributed by atoms with Gasteiger partial charge in [0.2, 0.25) is 0 Å². The number of pyridine rings is 2. The van der Waals surface area contributed by atoms with Crippen LogP contribution in [0, 0.1) is 0 Å². The molecule has 138 valence electrons. The zero-order valence-corrected chi connectivity index (χ0v) is 15.1. The highest BCUT2D eigenvalue weighted by Gasteiger charge is 2.28. The Bertz CT molecular complexity index is 999. The molecule has 1 amide bonds. The molecule has 0 bridgehead atoms. The Morgan fingerprint density at radius 3 is 2.85 bits per heavy atom. The zero-order valence-electron chi connectivity index (χ0n) is 14.4. The highest BCUT2D eigenvalue weighted by molar-refractivity contribution is 6.29. The van der Waals surface area contributed by atoms with Crippen LogP contribution in [-0.2, 0) is 0 Å². The molecule has 4 rings (SSSR count). The number of piperidine rings is 1. The molecule has 1 saturated heterocycles. The molecule has 1 N–H and O–H groups in total. The summed E-state index contributed by atoms with van der Waals surface area (Å²) in [6.07, 6.45) is 4.76. The minimum Gasteiger partial charge on any atom is -0.338 e. The number of carbonyl (C=O) groups is 1. The van der Waals surface area contributed by atoms with Gasteiger partial charge in [-0.15, -0.1) is 5.10 Å². The second kappa shape index (κ2) is 7.32. The molecule has 8 nitrogen and oxygen atoms in total. The molecule has 3 aromatic rings. The van der Waals surface area contributed by atoms with E-state index in [1.165, 1.54) is 10.9 Å². The number of hydrogen-bond donors (Lipinski definition) is 1. The zero-order chi connectivity index (χ0) is 18.8. The second-order valence-electron chi connectivity index (χ2n) is 6.38. The van der Waals surface area contributed by atoms with Gasteiger partial charge in [0.05, 0.1) is 5.56 Å². The molecule has 3 aromatic heterocycles. The number of likely N-dealkylation sites (tertiary alicyclic amines) is 1. The van der Waals surface area contributed by atoms with Gasteiger partial charge >= 0.3 is 5.69 Å². The molecule has 1 unspecified atom stereocenters. The molecular weight excluding hydrogens is 368 g/mol. The van der Waals surface area contributed by atoms with Crippen molar-refractivity contribution < 1.29 is 4.79 Å². The van der Waals surface area contributed by atoms with Crippen LogP contribution in [0.4, 0.5) is 0 Å². The van der Waals surface area contributed by atoms with Gasteiger partial charge in [-0.1, -0.05) is 17.7 Å². The number of aromatic amines is 1. The Morgan fingerprint density at radius 2 is 2.11 bits per heavy atom. The fraction of sp³-hybridized carbons (Fsp3) is 0.278. The first-order chi connectivity index (χ1) is 13.1. The molecule has 0 radical (unpaired) electrons. The van der Waals surface area contributed by atoms with E-state index in [0.717, 1.165) is 12.8 Å². The molecule has 4 heterocycles. The monoisotopic (exact) mass is 384 g/mol. The highest BCUT2D eigenvalue weighted by Crippen LogP contribution is 2.25. The van der Waals surface area contributed by atoms with Crippen molar-refractivity contribution in [2.75, 3.05) is 13.1 Å². The maximum Gasteiger partial charge on any atom is 0.349 e. The summed E-state index contributed by atoms with van der Waals surface area (Å²) >= 11 is 5.79. The molecule has 0 aromatic carbocycles. The normalized spacial score (nSPS) is 17.1. The van der Waals surface area contributed by atoms with Gasteiger partial charge in [-0.25, -0.2) is 14.8 Å². The van der Waals surface area contributed by atoms with E-state index in [0.29, 0.717) is 35.4 Å². The Labute approximate surface area is 159 Å². The first-order valence-corrected chi connectivity index (χ1v) is 9.01. The minimum absolute atomic E-state index is 0.0411. The summed E-state index contributed by atoms with van der Waals surface area (Å²) in [6.45, 7) is 1.14. The third kappa shape index (κ3) is 3.61. The summed E-state index contributed by atoms with van der Waals surface area (Å²) in [6, 6.07) is 8.56. The molecule has 1 aliphatic heterocycles. The minimum atomic E-state index is -0.339. The summed E-state index contributed by atoms with van der Waals surface area (Å²) in [4.78, 5) is 37.7. The Kier molecular flexibility index (Phi) is 4.72. The van der Waals surface area contributed by atoms with Gasteiger partial charge in [0, 0.05) is 31.4 Å². The summed E-state index contributed by atoms with van der Waals surface area (Å²) in [5.41, 5.74) is 0.154. The largest absolute Gasteiger partial charge is 0.349 e. The first-order valence-electron chi connectivity index (χ1n) is 8.63. The van der Waals surface area contributed by atoms with Gasteiger partial charge in [0.25, 0.3) is 5.91 Å². The summed E-state index contributed by atoms with van der Waals surface area (Å²) in [5.74, 6) is 0.884. The number of carbonyl (C=O) groups excluding carboxylic acids is 1. The number of hydrogen-bond acceptors (Lipinski definition) is 5. The van der Waals surface area contributed by atoms with E-state index in [-0.39, 0.29) is 17.5 Å². The van der Waals surface area contributed by atoms with Crippen LogP contribution in [0.3, 0.4) is 0 Å². The Hall–Kier alpha value is -3.00. The third-order valence-corrected chi connectivity index (χ3v) is 4.79. The molecule has 27 heavy (non-hydrogen) atoms. The molecule has 0 saturated carbocycles. The lowest BCUT2D eigenvalue weighted by Crippen LogP contribution is -2.39. The maximum atomic E-state index is 12.7. The Balaban J connectivity index is 1.54. The summed E-state index contributed by atoms with van der Waals surface area (Å²) in [7, 11) is 0. The molecule has 1 aliphatic rings. The van der Waals surface area contributed by atoms with Gasteiger partial charge in [0.1, 0.15) is 11.0 Å². The van der Waals surface area contributed by atoms with Crippen molar-refractivity contribution in [3.05, 3.63) is 69.8 Å². The van der Waals surface area contributed by atoms with E-state index < -0.39 is 0 Å². The lowest BCUT2D eigenvalue weighted by Gasteiger charge is -2.31. The number of halogens is 1. The lowest BCUT2D eigenvalue weighted by molar-refractivity contribution is 0.0704. The number of rotatable bonds is 3. The van der Waals surface area contributed by atoms with Gasteiger partial charge in [-0.05, 0) is 37.1 Å². The van der Waals surface area contributed by atoms with E-state index in [2.05, 4.69) is 20.1 Å².